The molecule has 0 spiro atoms. The largest absolute Gasteiger partial charge is 0.466 e. The first-order valence-corrected chi connectivity index (χ1v) is 15.2. The van der Waals surface area contributed by atoms with Gasteiger partial charge in [-0.05, 0) is 65.3 Å². The van der Waals surface area contributed by atoms with E-state index in [9.17, 15) is 19.2 Å². The number of nitrogens with zero attached hydrogens (tertiary/aromatic N) is 4. The van der Waals surface area contributed by atoms with Gasteiger partial charge in [-0.15, -0.1) is 0 Å². The number of nitrogens with one attached hydrogen (secondary N) is 1. The van der Waals surface area contributed by atoms with Crippen LogP contribution in [0.3, 0.4) is 0 Å². The predicted octanol–water partition coefficient (Wildman–Crippen LogP) is 5.06. The molecule has 1 aromatic heterocycles. The number of esters is 1. The molecule has 2 atom stereocenters. The lowest BCUT2D eigenvalue weighted by molar-refractivity contribution is -0.144. The van der Waals surface area contributed by atoms with Gasteiger partial charge in [-0.25, -0.2) is 9.78 Å². The number of benzene rings is 2. The number of aryl methyl sites for hydroxylation is 1. The molecule has 2 heterocycles. The van der Waals surface area contributed by atoms with E-state index in [1.807, 2.05) is 6.07 Å². The Kier molecular flexibility index (Phi) is 10.8. The average molecular weight is 642 g/mol. The molecule has 2 aromatic carbocycles. The van der Waals surface area contributed by atoms with Crippen LogP contribution < -0.4 is 15.0 Å². The maximum Gasteiger partial charge on any atom is 0.414 e. The fraction of sp³-hybridized carbons (Fsp3) is 0.371. The van der Waals surface area contributed by atoms with Crippen molar-refractivity contribution in [3.05, 3.63) is 77.0 Å². The van der Waals surface area contributed by atoms with E-state index in [4.69, 9.17) is 14.2 Å². The molecule has 0 saturated carbocycles. The Bertz CT molecular complexity index is 1710. The number of hydrogen-bond acceptors (Lipinski definition) is 9. The molecule has 3 amide bonds. The number of fused-ring (bicyclic) bond motifs is 1. The standard InChI is InChI=1S/C35H39N5O7/c1-8-45-29(41)20-23(3)40-30(25-14-10-9-11-15-25)32(43)39(7)27-17-16-24(21-26(27)31(40)42)13-12-18-46-28-19-22(2)36-33(37-28)38-34(44)47-35(4,5)6/h9-11,14-17,19,21,23,30H,8,18,20H2,1-7H3,(H,36,37,38,44). The smallest absolute Gasteiger partial charge is 0.414 e. The lowest BCUT2D eigenvalue weighted by Gasteiger charge is -2.34. The van der Waals surface area contributed by atoms with Crippen LogP contribution in [-0.2, 0) is 19.1 Å². The van der Waals surface area contributed by atoms with Crippen molar-refractivity contribution in [3.63, 3.8) is 0 Å². The lowest BCUT2D eigenvalue weighted by Crippen LogP contribution is -2.46. The Morgan fingerprint density at radius 3 is 2.47 bits per heavy atom. The van der Waals surface area contributed by atoms with Crippen LogP contribution in [0.2, 0.25) is 0 Å². The molecule has 12 heteroatoms. The van der Waals surface area contributed by atoms with Crippen molar-refractivity contribution in [1.29, 1.82) is 0 Å². The van der Waals surface area contributed by atoms with Gasteiger partial charge in [-0.3, -0.25) is 19.7 Å². The quantitative estimate of drug-likeness (QED) is 0.264. The van der Waals surface area contributed by atoms with E-state index >= 15 is 0 Å². The summed E-state index contributed by atoms with van der Waals surface area (Å²) in [5, 5.41) is 2.49. The molecule has 0 saturated heterocycles. The van der Waals surface area contributed by atoms with E-state index in [0.717, 1.165) is 0 Å². The van der Waals surface area contributed by atoms with Gasteiger partial charge in [-0.2, -0.15) is 4.98 Å². The molecule has 1 N–H and O–H groups in total. The van der Waals surface area contributed by atoms with Gasteiger partial charge in [0.2, 0.25) is 11.8 Å². The zero-order chi connectivity index (χ0) is 34.3. The molecule has 0 aliphatic carbocycles. The fourth-order valence-electron chi connectivity index (χ4n) is 5.02. The highest BCUT2D eigenvalue weighted by atomic mass is 16.6. The highest BCUT2D eigenvalue weighted by molar-refractivity contribution is 6.11. The van der Waals surface area contributed by atoms with Gasteiger partial charge < -0.3 is 24.0 Å². The number of carbonyl (C=O) groups is 4. The summed E-state index contributed by atoms with van der Waals surface area (Å²) < 4.78 is 16.1. The van der Waals surface area contributed by atoms with Crippen molar-refractivity contribution >= 4 is 35.5 Å². The Balaban J connectivity index is 1.58. The van der Waals surface area contributed by atoms with Gasteiger partial charge in [0.05, 0.1) is 24.3 Å². The molecule has 47 heavy (non-hydrogen) atoms. The van der Waals surface area contributed by atoms with Crippen molar-refractivity contribution < 1.29 is 33.4 Å². The number of ether oxygens (including phenoxy) is 3. The molecule has 0 radical (unpaired) electrons. The molecule has 1 aliphatic heterocycles. The third-order valence-corrected chi connectivity index (χ3v) is 6.99. The average Bonchev–Trinajstić information content (AvgIpc) is 3.07. The highest BCUT2D eigenvalue weighted by Crippen LogP contribution is 2.36. The summed E-state index contributed by atoms with van der Waals surface area (Å²) in [5.41, 5.74) is 1.72. The number of carbonyl (C=O) groups excluding carboxylic acids is 4. The van der Waals surface area contributed by atoms with Gasteiger partial charge in [-0.1, -0.05) is 42.2 Å². The van der Waals surface area contributed by atoms with Gasteiger partial charge >= 0.3 is 12.1 Å². The van der Waals surface area contributed by atoms with Crippen molar-refractivity contribution in [2.75, 3.05) is 30.5 Å². The fourth-order valence-corrected chi connectivity index (χ4v) is 5.02. The summed E-state index contributed by atoms with van der Waals surface area (Å²) in [6.07, 6.45) is -0.772. The van der Waals surface area contributed by atoms with E-state index in [-0.39, 0.29) is 42.9 Å². The number of anilines is 2. The second kappa shape index (κ2) is 14.8. The van der Waals surface area contributed by atoms with E-state index in [1.165, 1.54) is 9.80 Å². The number of likely N-dealkylation sites (N-methyl/N-ethyl adjacent to an activating group) is 1. The molecular weight excluding hydrogens is 602 g/mol. The molecule has 0 bridgehead atoms. The number of amides is 3. The lowest BCUT2D eigenvalue weighted by atomic mass is 10.0. The highest BCUT2D eigenvalue weighted by Gasteiger charge is 2.42. The summed E-state index contributed by atoms with van der Waals surface area (Å²) in [4.78, 5) is 64.0. The van der Waals surface area contributed by atoms with Crippen LogP contribution in [0, 0.1) is 18.8 Å². The van der Waals surface area contributed by atoms with Crippen LogP contribution >= 0.6 is 0 Å². The second-order valence-corrected chi connectivity index (χ2v) is 11.9. The first kappa shape index (κ1) is 34.4. The molecule has 246 valence electrons. The third kappa shape index (κ3) is 8.85. The molecule has 1 aliphatic rings. The van der Waals surface area contributed by atoms with E-state index in [0.29, 0.717) is 22.5 Å². The Morgan fingerprint density at radius 2 is 1.79 bits per heavy atom. The molecule has 4 rings (SSSR count). The summed E-state index contributed by atoms with van der Waals surface area (Å²) >= 11 is 0. The van der Waals surface area contributed by atoms with Gasteiger partial charge in [0, 0.05) is 30.4 Å². The molecule has 12 nitrogen and oxygen atoms in total. The van der Waals surface area contributed by atoms with Crippen molar-refractivity contribution in [1.82, 2.24) is 14.9 Å². The van der Waals surface area contributed by atoms with Gasteiger partial charge in [0.25, 0.3) is 11.8 Å². The van der Waals surface area contributed by atoms with Crippen molar-refractivity contribution in [2.24, 2.45) is 0 Å². The SMILES string of the molecule is CCOC(=O)CC(C)N1C(=O)c2cc(C#CCOc3cc(C)nc(NC(=O)OC(C)(C)C)n3)ccc2N(C)C(=O)C1c1ccccc1. The van der Waals surface area contributed by atoms with Gasteiger partial charge in [0.15, 0.2) is 6.61 Å². The minimum absolute atomic E-state index is 0.0284. The Labute approximate surface area is 274 Å². The summed E-state index contributed by atoms with van der Waals surface area (Å²) in [7, 11) is 1.62. The second-order valence-electron chi connectivity index (χ2n) is 11.9. The predicted molar refractivity (Wildman–Crippen MR) is 175 cm³/mol. The minimum Gasteiger partial charge on any atom is -0.466 e. The molecular formula is C35H39N5O7. The summed E-state index contributed by atoms with van der Waals surface area (Å²) in [5.74, 6) is 4.96. The Hall–Kier alpha value is -5.44. The number of hydrogen-bond donors (Lipinski definition) is 1. The van der Waals surface area contributed by atoms with E-state index in [1.54, 1.807) is 97.1 Å². The molecule has 0 fully saturated rings. The van der Waals surface area contributed by atoms with Gasteiger partial charge in [0.1, 0.15) is 11.6 Å². The summed E-state index contributed by atoms with van der Waals surface area (Å²) in [6, 6.07) is 14.0. The summed E-state index contributed by atoms with van der Waals surface area (Å²) in [6.45, 7) is 10.6. The molecule has 3 aromatic rings. The van der Waals surface area contributed by atoms with Crippen LogP contribution in [0.1, 0.15) is 74.3 Å². The van der Waals surface area contributed by atoms with Crippen LogP contribution in [-0.4, -0.2) is 70.6 Å². The zero-order valence-corrected chi connectivity index (χ0v) is 27.6. The van der Waals surface area contributed by atoms with Crippen LogP contribution in [0.25, 0.3) is 0 Å². The first-order valence-electron chi connectivity index (χ1n) is 15.2. The first-order chi connectivity index (χ1) is 22.3. The maximum absolute atomic E-state index is 14.2. The van der Waals surface area contributed by atoms with Crippen molar-refractivity contribution in [3.8, 4) is 17.7 Å². The minimum atomic E-state index is -0.959. The maximum atomic E-state index is 14.2. The van der Waals surface area contributed by atoms with Crippen molar-refractivity contribution in [2.45, 2.75) is 65.6 Å². The monoisotopic (exact) mass is 641 g/mol. The molecule has 2 unspecified atom stereocenters. The van der Waals surface area contributed by atoms with Crippen LogP contribution in [0.5, 0.6) is 5.88 Å². The third-order valence-electron chi connectivity index (χ3n) is 6.99. The van der Waals surface area contributed by atoms with Crippen LogP contribution in [0.15, 0.2) is 54.6 Å². The number of aromatic nitrogens is 2. The van der Waals surface area contributed by atoms with E-state index < -0.39 is 35.7 Å². The topological polar surface area (TPSA) is 140 Å². The zero-order valence-electron chi connectivity index (χ0n) is 27.6. The normalized spacial score (nSPS) is 15.1. The Morgan fingerprint density at radius 1 is 1.06 bits per heavy atom. The number of rotatable bonds is 8. The van der Waals surface area contributed by atoms with Crippen LogP contribution in [0.4, 0.5) is 16.4 Å². The van der Waals surface area contributed by atoms with E-state index in [2.05, 4.69) is 27.1 Å².